The molecule has 0 radical (unpaired) electrons. The summed E-state index contributed by atoms with van der Waals surface area (Å²) in [5.41, 5.74) is 3.78. The van der Waals surface area contributed by atoms with Crippen LogP contribution in [-0.2, 0) is 9.47 Å². The van der Waals surface area contributed by atoms with Gasteiger partial charge in [0.25, 0.3) is 0 Å². The lowest BCUT2D eigenvalue weighted by molar-refractivity contribution is 0.0581. The maximum Gasteiger partial charge on any atom is 0.124 e. The Hall–Kier alpha value is -1.14. The Balaban J connectivity index is 2.62. The fraction of sp³-hybridized carbons (Fsp3) is 0.571. The van der Waals surface area contributed by atoms with Crippen LogP contribution in [0, 0.1) is 0 Å². The molecular weight excluding hydrogens is 244 g/mol. The number of hydrogen-bond donors (Lipinski definition) is 2. The molecule has 0 aliphatic heterocycles. The van der Waals surface area contributed by atoms with Gasteiger partial charge in [0.2, 0.25) is 0 Å². The van der Waals surface area contributed by atoms with Gasteiger partial charge in [0, 0.05) is 12.7 Å². The zero-order chi connectivity index (χ0) is 13.9. The summed E-state index contributed by atoms with van der Waals surface area (Å²) < 4.78 is 16.2. The molecule has 0 saturated carbocycles. The average Bonchev–Trinajstić information content (AvgIpc) is 2.46. The van der Waals surface area contributed by atoms with Gasteiger partial charge >= 0.3 is 0 Å². The van der Waals surface area contributed by atoms with Gasteiger partial charge in [-0.25, -0.2) is 0 Å². The highest BCUT2D eigenvalue weighted by atomic mass is 16.5. The van der Waals surface area contributed by atoms with Crippen molar-refractivity contribution in [2.24, 2.45) is 5.84 Å². The third-order valence-corrected chi connectivity index (χ3v) is 2.67. The van der Waals surface area contributed by atoms with Crippen LogP contribution in [-0.4, -0.2) is 33.5 Å². The van der Waals surface area contributed by atoms with Crippen molar-refractivity contribution in [1.29, 1.82) is 0 Å². The second kappa shape index (κ2) is 9.75. The fourth-order valence-electron chi connectivity index (χ4n) is 1.68. The Morgan fingerprint density at radius 3 is 2.68 bits per heavy atom. The van der Waals surface area contributed by atoms with Crippen molar-refractivity contribution >= 4 is 0 Å². The molecule has 1 aromatic rings. The molecule has 1 atom stereocenters. The average molecular weight is 268 g/mol. The smallest absolute Gasteiger partial charge is 0.124 e. The molecule has 0 heterocycles. The topological polar surface area (TPSA) is 65.7 Å². The lowest BCUT2D eigenvalue weighted by atomic mass is 10.1. The highest BCUT2D eigenvalue weighted by Crippen LogP contribution is 2.25. The third kappa shape index (κ3) is 5.57. The standard InChI is InChI=1S/C14H24N2O3/c1-3-8-19-14-7-5-4-6-12(14)13(16-15)11-18-10-9-17-2/h4-7,13,16H,3,8-11,15H2,1-2H3. The zero-order valence-corrected chi connectivity index (χ0v) is 11.7. The number of hydrazine groups is 1. The summed E-state index contributed by atoms with van der Waals surface area (Å²) in [5.74, 6) is 6.45. The predicted molar refractivity (Wildman–Crippen MR) is 75.0 cm³/mol. The molecule has 0 bridgehead atoms. The Morgan fingerprint density at radius 1 is 1.21 bits per heavy atom. The molecule has 0 spiro atoms. The number of benzene rings is 1. The van der Waals surface area contributed by atoms with Gasteiger partial charge in [0.15, 0.2) is 0 Å². The van der Waals surface area contributed by atoms with Gasteiger partial charge in [-0.1, -0.05) is 25.1 Å². The molecule has 0 aliphatic carbocycles. The van der Waals surface area contributed by atoms with Crippen LogP contribution < -0.4 is 16.0 Å². The van der Waals surface area contributed by atoms with Crippen LogP contribution in [0.5, 0.6) is 5.75 Å². The van der Waals surface area contributed by atoms with E-state index in [1.807, 2.05) is 24.3 Å². The molecule has 0 saturated heterocycles. The minimum absolute atomic E-state index is 0.0927. The quantitative estimate of drug-likeness (QED) is 0.384. The maximum absolute atomic E-state index is 5.72. The van der Waals surface area contributed by atoms with Crippen LogP contribution in [0.1, 0.15) is 24.9 Å². The van der Waals surface area contributed by atoms with Gasteiger partial charge < -0.3 is 14.2 Å². The van der Waals surface area contributed by atoms with Crippen LogP contribution >= 0.6 is 0 Å². The van der Waals surface area contributed by atoms with E-state index < -0.39 is 0 Å². The van der Waals surface area contributed by atoms with Gasteiger partial charge in [0.1, 0.15) is 5.75 Å². The number of methoxy groups -OCH3 is 1. The van der Waals surface area contributed by atoms with E-state index in [9.17, 15) is 0 Å². The summed E-state index contributed by atoms with van der Waals surface area (Å²) in [6, 6.07) is 7.77. The molecule has 1 unspecified atom stereocenters. The Labute approximate surface area is 115 Å². The van der Waals surface area contributed by atoms with Gasteiger partial charge in [-0.15, -0.1) is 0 Å². The fourth-order valence-corrected chi connectivity index (χ4v) is 1.68. The molecule has 108 valence electrons. The predicted octanol–water partition coefficient (Wildman–Crippen LogP) is 1.64. The van der Waals surface area contributed by atoms with E-state index in [1.54, 1.807) is 7.11 Å². The molecule has 1 aromatic carbocycles. The Morgan fingerprint density at radius 2 is 2.00 bits per heavy atom. The Bertz CT molecular complexity index is 347. The lowest BCUT2D eigenvalue weighted by Crippen LogP contribution is -2.32. The SMILES string of the molecule is CCCOc1ccccc1C(COCCOC)NN. The molecule has 0 amide bonds. The molecule has 0 fully saturated rings. The number of hydrogen-bond acceptors (Lipinski definition) is 5. The van der Waals surface area contributed by atoms with E-state index in [4.69, 9.17) is 20.1 Å². The second-order valence-corrected chi connectivity index (χ2v) is 4.17. The number of nitrogens with one attached hydrogen (secondary N) is 1. The highest BCUT2D eigenvalue weighted by molar-refractivity contribution is 5.36. The van der Waals surface area contributed by atoms with Crippen molar-refractivity contribution in [3.8, 4) is 5.75 Å². The van der Waals surface area contributed by atoms with Crippen molar-refractivity contribution < 1.29 is 14.2 Å². The van der Waals surface area contributed by atoms with E-state index in [-0.39, 0.29) is 6.04 Å². The van der Waals surface area contributed by atoms with Crippen molar-refractivity contribution in [3.05, 3.63) is 29.8 Å². The summed E-state index contributed by atoms with van der Waals surface area (Å²) in [4.78, 5) is 0. The van der Waals surface area contributed by atoms with Gasteiger partial charge in [-0.3, -0.25) is 11.3 Å². The molecule has 5 nitrogen and oxygen atoms in total. The van der Waals surface area contributed by atoms with E-state index in [2.05, 4.69) is 12.3 Å². The van der Waals surface area contributed by atoms with E-state index in [0.29, 0.717) is 26.4 Å². The van der Waals surface area contributed by atoms with Crippen molar-refractivity contribution in [2.75, 3.05) is 33.5 Å². The highest BCUT2D eigenvalue weighted by Gasteiger charge is 2.14. The first-order chi connectivity index (χ1) is 9.33. The first kappa shape index (κ1) is 15.9. The minimum atomic E-state index is -0.0927. The van der Waals surface area contributed by atoms with E-state index >= 15 is 0 Å². The van der Waals surface area contributed by atoms with Gasteiger partial charge in [0.05, 0.1) is 32.5 Å². The molecule has 0 aromatic heterocycles. The first-order valence-electron chi connectivity index (χ1n) is 6.58. The monoisotopic (exact) mass is 268 g/mol. The molecule has 19 heavy (non-hydrogen) atoms. The first-order valence-corrected chi connectivity index (χ1v) is 6.58. The van der Waals surface area contributed by atoms with E-state index in [1.165, 1.54) is 0 Å². The second-order valence-electron chi connectivity index (χ2n) is 4.17. The summed E-state index contributed by atoms with van der Waals surface area (Å²) >= 11 is 0. The van der Waals surface area contributed by atoms with Crippen LogP contribution in [0.2, 0.25) is 0 Å². The van der Waals surface area contributed by atoms with Gasteiger partial charge in [-0.2, -0.15) is 0 Å². The molecule has 1 rings (SSSR count). The zero-order valence-electron chi connectivity index (χ0n) is 11.7. The number of para-hydroxylation sites is 1. The molecule has 0 aliphatic rings. The molecule has 3 N–H and O–H groups in total. The van der Waals surface area contributed by atoms with Crippen molar-refractivity contribution in [2.45, 2.75) is 19.4 Å². The lowest BCUT2D eigenvalue weighted by Gasteiger charge is -2.19. The number of rotatable bonds is 10. The summed E-state index contributed by atoms with van der Waals surface area (Å²) in [5, 5.41) is 0. The summed E-state index contributed by atoms with van der Waals surface area (Å²) in [6.45, 7) is 4.37. The summed E-state index contributed by atoms with van der Waals surface area (Å²) in [6.07, 6.45) is 0.972. The number of nitrogens with two attached hydrogens (primary N) is 1. The van der Waals surface area contributed by atoms with Crippen LogP contribution in [0.15, 0.2) is 24.3 Å². The minimum Gasteiger partial charge on any atom is -0.493 e. The van der Waals surface area contributed by atoms with Crippen LogP contribution in [0.3, 0.4) is 0 Å². The van der Waals surface area contributed by atoms with Crippen LogP contribution in [0.25, 0.3) is 0 Å². The summed E-state index contributed by atoms with van der Waals surface area (Å²) in [7, 11) is 1.65. The molecular formula is C14H24N2O3. The largest absolute Gasteiger partial charge is 0.493 e. The molecule has 5 heteroatoms. The number of ether oxygens (including phenoxy) is 3. The Kier molecular flexibility index (Phi) is 8.16. The van der Waals surface area contributed by atoms with Gasteiger partial charge in [-0.05, 0) is 12.5 Å². The van der Waals surface area contributed by atoms with Crippen LogP contribution in [0.4, 0.5) is 0 Å². The third-order valence-electron chi connectivity index (χ3n) is 2.67. The van der Waals surface area contributed by atoms with Crippen molar-refractivity contribution in [3.63, 3.8) is 0 Å². The normalized spacial score (nSPS) is 12.4. The maximum atomic E-state index is 5.72. The van der Waals surface area contributed by atoms with Crippen molar-refractivity contribution in [1.82, 2.24) is 5.43 Å². The van der Waals surface area contributed by atoms with E-state index in [0.717, 1.165) is 17.7 Å².